The minimum Gasteiger partial charge on any atom is -0.497 e. The zero-order chi connectivity index (χ0) is 15.5. The molecular weight excluding hydrogens is 281 g/mol. The van der Waals surface area contributed by atoms with Gasteiger partial charge >= 0.3 is 0 Å². The highest BCUT2D eigenvalue weighted by Crippen LogP contribution is 2.30. The minimum atomic E-state index is -1.22. The van der Waals surface area contributed by atoms with E-state index < -0.39 is 6.17 Å². The molecule has 0 heterocycles. The van der Waals surface area contributed by atoms with Crippen LogP contribution < -0.4 is 10.1 Å². The van der Waals surface area contributed by atoms with Gasteiger partial charge in [0.1, 0.15) is 11.9 Å². The first kappa shape index (κ1) is 14.8. The molecule has 0 aromatic heterocycles. The largest absolute Gasteiger partial charge is 0.497 e. The van der Waals surface area contributed by atoms with Gasteiger partial charge in [-0.3, -0.25) is 4.79 Å². The molecule has 0 aliphatic heterocycles. The van der Waals surface area contributed by atoms with Crippen molar-refractivity contribution in [1.82, 2.24) is 5.32 Å². The number of rotatable bonds is 5. The van der Waals surface area contributed by atoms with E-state index in [9.17, 15) is 9.18 Å². The fourth-order valence-corrected chi connectivity index (χ4v) is 2.79. The quantitative estimate of drug-likeness (QED) is 0.913. The summed E-state index contributed by atoms with van der Waals surface area (Å²) >= 11 is 0. The van der Waals surface area contributed by atoms with Crippen molar-refractivity contribution in [1.29, 1.82) is 0 Å². The van der Waals surface area contributed by atoms with Crippen molar-refractivity contribution in [2.24, 2.45) is 5.92 Å². The van der Waals surface area contributed by atoms with E-state index in [1.165, 1.54) is 0 Å². The Bertz CT molecular complexity index is 682. The topological polar surface area (TPSA) is 38.3 Å². The highest BCUT2D eigenvalue weighted by Gasteiger charge is 2.25. The fraction of sp³-hybridized carbons (Fsp3) is 0.389. The van der Waals surface area contributed by atoms with Gasteiger partial charge in [0.15, 0.2) is 0 Å². The molecule has 4 heteroatoms. The monoisotopic (exact) mass is 301 g/mol. The molecule has 1 atom stereocenters. The summed E-state index contributed by atoms with van der Waals surface area (Å²) in [4.78, 5) is 11.8. The molecule has 22 heavy (non-hydrogen) atoms. The molecule has 3 rings (SSSR count). The Morgan fingerprint density at radius 1 is 1.36 bits per heavy atom. The normalized spacial score (nSPS) is 16.1. The van der Waals surface area contributed by atoms with Crippen molar-refractivity contribution >= 4 is 16.7 Å². The first-order valence-corrected chi connectivity index (χ1v) is 7.67. The third kappa shape index (κ3) is 2.91. The van der Waals surface area contributed by atoms with Crippen molar-refractivity contribution in [3.8, 4) is 5.75 Å². The predicted octanol–water partition coefficient (Wildman–Crippen LogP) is 3.78. The SMILES string of the molecule is COc1ccc2cccc(C(F)CNC(=O)C3CCC3)c2c1. The van der Waals surface area contributed by atoms with Crippen LogP contribution >= 0.6 is 0 Å². The summed E-state index contributed by atoms with van der Waals surface area (Å²) in [6, 6.07) is 11.2. The molecule has 1 amide bonds. The second kappa shape index (κ2) is 6.34. The molecule has 116 valence electrons. The average molecular weight is 301 g/mol. The molecule has 1 N–H and O–H groups in total. The molecule has 2 aromatic rings. The highest BCUT2D eigenvalue weighted by molar-refractivity contribution is 5.87. The number of halogens is 1. The summed E-state index contributed by atoms with van der Waals surface area (Å²) in [5.41, 5.74) is 0.588. The Morgan fingerprint density at radius 2 is 2.18 bits per heavy atom. The maximum atomic E-state index is 14.6. The number of fused-ring (bicyclic) bond motifs is 1. The van der Waals surface area contributed by atoms with E-state index in [-0.39, 0.29) is 18.4 Å². The molecule has 0 spiro atoms. The number of hydrogen-bond acceptors (Lipinski definition) is 2. The van der Waals surface area contributed by atoms with E-state index in [4.69, 9.17) is 4.74 Å². The Balaban J connectivity index is 1.77. The van der Waals surface area contributed by atoms with Crippen molar-refractivity contribution < 1.29 is 13.9 Å². The van der Waals surface area contributed by atoms with E-state index in [1.807, 2.05) is 30.3 Å². The molecule has 0 radical (unpaired) electrons. The van der Waals surface area contributed by atoms with Crippen LogP contribution in [0.4, 0.5) is 4.39 Å². The molecule has 2 aromatic carbocycles. The van der Waals surface area contributed by atoms with Gasteiger partial charge < -0.3 is 10.1 Å². The summed E-state index contributed by atoms with van der Waals surface area (Å²) in [5.74, 6) is 0.761. The summed E-state index contributed by atoms with van der Waals surface area (Å²) in [5, 5.41) is 4.52. The third-order valence-corrected chi connectivity index (χ3v) is 4.39. The highest BCUT2D eigenvalue weighted by atomic mass is 19.1. The van der Waals surface area contributed by atoms with Crippen LogP contribution in [0.3, 0.4) is 0 Å². The molecule has 0 bridgehead atoms. The fourth-order valence-electron chi connectivity index (χ4n) is 2.79. The lowest BCUT2D eigenvalue weighted by atomic mass is 9.85. The summed E-state index contributed by atoms with van der Waals surface area (Å²) in [6.45, 7) is 0.0195. The second-order valence-electron chi connectivity index (χ2n) is 5.77. The zero-order valence-corrected chi connectivity index (χ0v) is 12.6. The van der Waals surface area contributed by atoms with Gasteiger partial charge in [0, 0.05) is 5.92 Å². The van der Waals surface area contributed by atoms with Crippen LogP contribution in [0.1, 0.15) is 31.0 Å². The molecule has 1 saturated carbocycles. The number of ether oxygens (including phenoxy) is 1. The number of nitrogens with one attached hydrogen (secondary N) is 1. The van der Waals surface area contributed by atoms with Crippen LogP contribution in [0.2, 0.25) is 0 Å². The first-order chi connectivity index (χ1) is 10.7. The zero-order valence-electron chi connectivity index (χ0n) is 12.6. The molecule has 1 aliphatic carbocycles. The van der Waals surface area contributed by atoms with Gasteiger partial charge in [-0.25, -0.2) is 4.39 Å². The molecule has 3 nitrogen and oxygen atoms in total. The van der Waals surface area contributed by atoms with Crippen molar-refractivity contribution in [3.05, 3.63) is 42.0 Å². The summed E-state index contributed by atoms with van der Waals surface area (Å²) < 4.78 is 19.8. The summed E-state index contributed by atoms with van der Waals surface area (Å²) in [7, 11) is 1.59. The van der Waals surface area contributed by atoms with Crippen LogP contribution in [0.25, 0.3) is 10.8 Å². The van der Waals surface area contributed by atoms with Gasteiger partial charge in [-0.15, -0.1) is 0 Å². The Kier molecular flexibility index (Phi) is 4.27. The Morgan fingerprint density at radius 3 is 2.86 bits per heavy atom. The van der Waals surface area contributed by atoms with Gasteiger partial charge in [-0.1, -0.05) is 30.7 Å². The number of benzene rings is 2. The van der Waals surface area contributed by atoms with Crippen LogP contribution in [0, 0.1) is 5.92 Å². The summed E-state index contributed by atoms with van der Waals surface area (Å²) in [6.07, 6.45) is 1.72. The van der Waals surface area contributed by atoms with Crippen LogP contribution in [-0.4, -0.2) is 19.6 Å². The predicted molar refractivity (Wildman–Crippen MR) is 84.7 cm³/mol. The number of carbonyl (C=O) groups is 1. The van der Waals surface area contributed by atoms with Crippen molar-refractivity contribution in [3.63, 3.8) is 0 Å². The smallest absolute Gasteiger partial charge is 0.223 e. The lowest BCUT2D eigenvalue weighted by Gasteiger charge is -2.24. The Hall–Kier alpha value is -2.10. The second-order valence-corrected chi connectivity index (χ2v) is 5.77. The molecule has 0 saturated heterocycles. The van der Waals surface area contributed by atoms with E-state index in [0.29, 0.717) is 11.3 Å². The van der Waals surface area contributed by atoms with Gasteiger partial charge in [-0.05, 0) is 41.3 Å². The Labute approximate surface area is 129 Å². The number of alkyl halides is 1. The van der Waals surface area contributed by atoms with Crippen molar-refractivity contribution in [2.75, 3.05) is 13.7 Å². The van der Waals surface area contributed by atoms with E-state index in [0.717, 1.165) is 30.0 Å². The maximum absolute atomic E-state index is 14.6. The van der Waals surface area contributed by atoms with Crippen molar-refractivity contribution in [2.45, 2.75) is 25.4 Å². The van der Waals surface area contributed by atoms with E-state index in [2.05, 4.69) is 5.32 Å². The minimum absolute atomic E-state index is 0.0195. The van der Waals surface area contributed by atoms with Gasteiger partial charge in [0.25, 0.3) is 0 Å². The number of amides is 1. The number of carbonyl (C=O) groups excluding carboxylic acids is 1. The number of methoxy groups -OCH3 is 1. The molecule has 1 unspecified atom stereocenters. The van der Waals surface area contributed by atoms with Crippen LogP contribution in [0.15, 0.2) is 36.4 Å². The average Bonchev–Trinajstić information content (AvgIpc) is 2.49. The van der Waals surface area contributed by atoms with Gasteiger partial charge in [0.05, 0.1) is 13.7 Å². The number of hydrogen-bond donors (Lipinski definition) is 1. The molecule has 1 aliphatic rings. The maximum Gasteiger partial charge on any atom is 0.223 e. The van der Waals surface area contributed by atoms with Crippen LogP contribution in [-0.2, 0) is 4.79 Å². The lowest BCUT2D eigenvalue weighted by molar-refractivity contribution is -0.127. The van der Waals surface area contributed by atoms with Crippen LogP contribution in [0.5, 0.6) is 5.75 Å². The standard InChI is InChI=1S/C18H20FNO2/c1-22-14-9-8-12-4-3-7-15(16(12)10-14)17(19)11-20-18(21)13-5-2-6-13/h3-4,7-10,13,17H,2,5-6,11H2,1H3,(H,20,21). The molecule has 1 fully saturated rings. The van der Waals surface area contributed by atoms with Gasteiger partial charge in [-0.2, -0.15) is 0 Å². The van der Waals surface area contributed by atoms with E-state index in [1.54, 1.807) is 13.2 Å². The van der Waals surface area contributed by atoms with Gasteiger partial charge in [0.2, 0.25) is 5.91 Å². The lowest BCUT2D eigenvalue weighted by Crippen LogP contribution is -2.36. The molecular formula is C18H20FNO2. The third-order valence-electron chi connectivity index (χ3n) is 4.39. The van der Waals surface area contributed by atoms with E-state index >= 15 is 0 Å². The first-order valence-electron chi connectivity index (χ1n) is 7.67.